The Morgan fingerprint density at radius 1 is 1.43 bits per heavy atom. The van der Waals surface area contributed by atoms with Gasteiger partial charge in [0.2, 0.25) is 0 Å². The van der Waals surface area contributed by atoms with Crippen molar-refractivity contribution in [3.63, 3.8) is 0 Å². The molecule has 21 heavy (non-hydrogen) atoms. The Morgan fingerprint density at radius 2 is 2.10 bits per heavy atom. The maximum atomic E-state index is 12.1. The largest absolute Gasteiger partial charge is 0.467 e. The zero-order chi connectivity index (χ0) is 15.8. The molecule has 2 rings (SSSR count). The number of hydrogen-bond donors (Lipinski definition) is 1. The van der Waals surface area contributed by atoms with Crippen LogP contribution >= 0.6 is 0 Å². The van der Waals surface area contributed by atoms with E-state index in [1.807, 2.05) is 13.8 Å². The maximum Gasteiger partial charge on any atom is 0.339 e. The van der Waals surface area contributed by atoms with Gasteiger partial charge in [-0.25, -0.2) is 9.59 Å². The molecule has 0 radical (unpaired) electrons. The third kappa shape index (κ3) is 3.21. The molecule has 1 atom stereocenters. The lowest BCUT2D eigenvalue weighted by atomic mass is 9.76. The smallest absolute Gasteiger partial charge is 0.339 e. The monoisotopic (exact) mass is 294 g/mol. The number of methoxy groups -OCH3 is 1. The first kappa shape index (κ1) is 15.4. The van der Waals surface area contributed by atoms with E-state index in [2.05, 4.69) is 4.74 Å². The first-order valence-corrected chi connectivity index (χ1v) is 6.68. The van der Waals surface area contributed by atoms with Gasteiger partial charge in [-0.15, -0.1) is 0 Å². The van der Waals surface area contributed by atoms with Crippen LogP contribution in [0, 0.1) is 5.41 Å². The maximum absolute atomic E-state index is 12.1. The first-order chi connectivity index (χ1) is 9.73. The van der Waals surface area contributed by atoms with Crippen molar-refractivity contribution < 1.29 is 23.8 Å². The summed E-state index contributed by atoms with van der Waals surface area (Å²) in [5.41, 5.74) is -0.421. The van der Waals surface area contributed by atoms with Crippen LogP contribution < -0.4 is 5.63 Å². The molecule has 0 bridgehead atoms. The lowest BCUT2D eigenvalue weighted by Gasteiger charge is -2.28. The van der Waals surface area contributed by atoms with Gasteiger partial charge in [0.05, 0.1) is 12.7 Å². The number of fused-ring (bicyclic) bond motifs is 1. The summed E-state index contributed by atoms with van der Waals surface area (Å²) in [6.07, 6.45) is -0.819. The molecule has 0 aliphatic heterocycles. The fourth-order valence-electron chi connectivity index (χ4n) is 2.51. The van der Waals surface area contributed by atoms with Crippen molar-refractivity contribution in [2.45, 2.75) is 39.2 Å². The summed E-state index contributed by atoms with van der Waals surface area (Å²) in [6.45, 7) is 3.87. The Morgan fingerprint density at radius 3 is 2.71 bits per heavy atom. The van der Waals surface area contributed by atoms with Gasteiger partial charge in [-0.05, 0) is 11.5 Å². The molecule has 1 aromatic heterocycles. The average Bonchev–Trinajstić information content (AvgIpc) is 2.38. The van der Waals surface area contributed by atoms with Gasteiger partial charge in [-0.2, -0.15) is 0 Å². The van der Waals surface area contributed by atoms with Crippen LogP contribution in [-0.4, -0.2) is 30.1 Å². The minimum atomic E-state index is -1.45. The Labute approximate surface area is 121 Å². The van der Waals surface area contributed by atoms with Crippen LogP contribution in [0.5, 0.6) is 0 Å². The van der Waals surface area contributed by atoms with E-state index >= 15 is 0 Å². The van der Waals surface area contributed by atoms with Gasteiger partial charge in [0.25, 0.3) is 0 Å². The van der Waals surface area contributed by atoms with E-state index in [0.717, 1.165) is 7.11 Å². The van der Waals surface area contributed by atoms with Crippen molar-refractivity contribution in [2.75, 3.05) is 7.11 Å². The molecule has 0 spiro atoms. The van der Waals surface area contributed by atoms with Crippen LogP contribution in [0.1, 0.15) is 41.9 Å². The summed E-state index contributed by atoms with van der Waals surface area (Å²) >= 11 is 0. The topological polar surface area (TPSA) is 93.8 Å². The number of ketones is 1. The van der Waals surface area contributed by atoms with Gasteiger partial charge >= 0.3 is 11.6 Å². The second-order valence-electron chi connectivity index (χ2n) is 6.08. The number of rotatable bonds is 3. The fourth-order valence-corrected chi connectivity index (χ4v) is 2.51. The van der Waals surface area contributed by atoms with Gasteiger partial charge in [0.15, 0.2) is 11.9 Å². The third-order valence-corrected chi connectivity index (χ3v) is 3.56. The number of aliphatic hydroxyl groups is 1. The molecule has 0 fully saturated rings. The Balaban J connectivity index is 2.36. The zero-order valence-corrected chi connectivity index (χ0v) is 12.3. The number of carbonyl (C=O) groups is 2. The second-order valence-corrected chi connectivity index (χ2v) is 6.08. The van der Waals surface area contributed by atoms with Crippen LogP contribution in [0.4, 0.5) is 0 Å². The summed E-state index contributed by atoms with van der Waals surface area (Å²) in [5.74, 6) is -0.559. The van der Waals surface area contributed by atoms with E-state index in [0.29, 0.717) is 24.2 Å². The van der Waals surface area contributed by atoms with Crippen molar-refractivity contribution in [1.29, 1.82) is 0 Å². The number of esters is 1. The molecule has 0 saturated heterocycles. The average molecular weight is 294 g/mol. The number of carbonyl (C=O) groups excluding carboxylic acids is 2. The van der Waals surface area contributed by atoms with Crippen molar-refractivity contribution >= 4 is 11.8 Å². The summed E-state index contributed by atoms with van der Waals surface area (Å²) in [7, 11) is 1.15. The van der Waals surface area contributed by atoms with E-state index in [-0.39, 0.29) is 23.2 Å². The predicted molar refractivity (Wildman–Crippen MR) is 73.1 cm³/mol. The first-order valence-electron chi connectivity index (χ1n) is 6.68. The van der Waals surface area contributed by atoms with Crippen molar-refractivity contribution in [3.8, 4) is 0 Å². The van der Waals surface area contributed by atoms with E-state index in [4.69, 9.17) is 4.42 Å². The SMILES string of the molecule is COC(=O)C(O)Cc1cc2c(oc1=O)CC(C)(C)CC2=O. The van der Waals surface area contributed by atoms with Crippen LogP contribution in [0.25, 0.3) is 0 Å². The van der Waals surface area contributed by atoms with E-state index in [1.54, 1.807) is 0 Å². The van der Waals surface area contributed by atoms with Crippen LogP contribution in [0.2, 0.25) is 0 Å². The molecule has 0 aromatic carbocycles. The van der Waals surface area contributed by atoms with Gasteiger partial charge in [0, 0.05) is 24.8 Å². The van der Waals surface area contributed by atoms with Crippen LogP contribution in [0.15, 0.2) is 15.3 Å². The van der Waals surface area contributed by atoms with Crippen LogP contribution in [-0.2, 0) is 22.4 Å². The second kappa shape index (κ2) is 5.44. The standard InChI is InChI=1S/C15H18O6/c1-15(2)6-11(17)9-4-8(5-10(16)14(19)20-3)13(18)21-12(9)7-15/h4,10,16H,5-7H2,1-3H3. The van der Waals surface area contributed by atoms with Gasteiger partial charge < -0.3 is 14.3 Å². The molecule has 1 aliphatic rings. The molecule has 6 heteroatoms. The van der Waals surface area contributed by atoms with Crippen molar-refractivity contribution in [3.05, 3.63) is 33.4 Å². The number of hydrogen-bond acceptors (Lipinski definition) is 6. The minimum absolute atomic E-state index is 0.0970. The molecule has 0 amide bonds. The molecule has 1 aliphatic carbocycles. The highest BCUT2D eigenvalue weighted by Gasteiger charge is 2.33. The highest BCUT2D eigenvalue weighted by Crippen LogP contribution is 2.34. The summed E-state index contributed by atoms with van der Waals surface area (Å²) in [6, 6.07) is 1.42. The lowest BCUT2D eigenvalue weighted by molar-refractivity contribution is -0.150. The fraction of sp³-hybridized carbons (Fsp3) is 0.533. The number of ether oxygens (including phenoxy) is 1. The number of aliphatic hydroxyl groups excluding tert-OH is 1. The highest BCUT2D eigenvalue weighted by atomic mass is 16.5. The molecule has 0 saturated carbocycles. The molecule has 6 nitrogen and oxygen atoms in total. The van der Waals surface area contributed by atoms with Crippen molar-refractivity contribution in [2.24, 2.45) is 5.41 Å². The molecular formula is C15H18O6. The molecule has 1 unspecified atom stereocenters. The van der Waals surface area contributed by atoms with Gasteiger partial charge in [0.1, 0.15) is 5.76 Å². The Kier molecular flexibility index (Phi) is 4.00. The van der Waals surface area contributed by atoms with E-state index in [1.165, 1.54) is 6.07 Å². The third-order valence-electron chi connectivity index (χ3n) is 3.56. The summed E-state index contributed by atoms with van der Waals surface area (Å²) < 4.78 is 9.61. The van der Waals surface area contributed by atoms with Gasteiger partial charge in [-0.3, -0.25) is 4.79 Å². The van der Waals surface area contributed by atoms with Crippen molar-refractivity contribution in [1.82, 2.24) is 0 Å². The molecule has 1 heterocycles. The summed E-state index contributed by atoms with van der Waals surface area (Å²) in [4.78, 5) is 35.2. The zero-order valence-electron chi connectivity index (χ0n) is 12.3. The van der Waals surface area contributed by atoms with Gasteiger partial charge in [-0.1, -0.05) is 13.8 Å². The van der Waals surface area contributed by atoms with E-state index < -0.39 is 17.7 Å². The molecule has 1 N–H and O–H groups in total. The molecule has 114 valence electrons. The van der Waals surface area contributed by atoms with Crippen LogP contribution in [0.3, 0.4) is 0 Å². The highest BCUT2D eigenvalue weighted by molar-refractivity contribution is 5.98. The minimum Gasteiger partial charge on any atom is -0.467 e. The lowest BCUT2D eigenvalue weighted by Crippen LogP contribution is -2.31. The summed E-state index contributed by atoms with van der Waals surface area (Å²) in [5, 5.41) is 9.61. The number of Topliss-reactive ketones (excluding diaryl/α,β-unsaturated/α-hetero) is 1. The Hall–Kier alpha value is -1.95. The quantitative estimate of drug-likeness (QED) is 0.831. The normalized spacial score (nSPS) is 18.0. The van der Waals surface area contributed by atoms with E-state index in [9.17, 15) is 19.5 Å². The predicted octanol–water partition coefficient (Wildman–Crippen LogP) is 0.871. The molecular weight excluding hydrogens is 276 g/mol. The molecule has 1 aromatic rings. The Bertz CT molecular complexity index is 640.